The zero-order valence-corrected chi connectivity index (χ0v) is 11.3. The van der Waals surface area contributed by atoms with Crippen LogP contribution in [0.5, 0.6) is 0 Å². The molecule has 0 unspecified atom stereocenters. The molecule has 1 fully saturated rings. The maximum Gasteiger partial charge on any atom is 0.223 e. The third-order valence-electron chi connectivity index (χ3n) is 3.10. The van der Waals surface area contributed by atoms with Gasteiger partial charge in [0, 0.05) is 25.4 Å². The predicted molar refractivity (Wildman–Crippen MR) is 68.9 cm³/mol. The van der Waals surface area contributed by atoms with Gasteiger partial charge in [-0.1, -0.05) is 12.8 Å². The highest BCUT2D eigenvalue weighted by Gasteiger charge is 2.22. The first kappa shape index (κ1) is 15.0. The smallest absolute Gasteiger partial charge is 0.223 e. The van der Waals surface area contributed by atoms with E-state index in [1.807, 2.05) is 0 Å². The van der Waals surface area contributed by atoms with Gasteiger partial charge in [0.1, 0.15) is 0 Å². The van der Waals surface area contributed by atoms with E-state index >= 15 is 0 Å². The van der Waals surface area contributed by atoms with Crippen LogP contribution in [-0.2, 0) is 9.59 Å². The Morgan fingerprint density at radius 3 is 2.39 bits per heavy atom. The van der Waals surface area contributed by atoms with E-state index < -0.39 is 5.60 Å². The van der Waals surface area contributed by atoms with Gasteiger partial charge in [0.15, 0.2) is 0 Å². The Kier molecular flexibility index (Phi) is 5.59. The predicted octanol–water partition coefficient (Wildman–Crippen LogP) is 0.570. The van der Waals surface area contributed by atoms with Crippen molar-refractivity contribution in [1.29, 1.82) is 0 Å². The molecule has 1 rings (SSSR count). The number of aliphatic hydroxyl groups is 1. The van der Waals surface area contributed by atoms with Gasteiger partial charge in [0.25, 0.3) is 0 Å². The molecular formula is C13H24N2O3. The lowest BCUT2D eigenvalue weighted by Gasteiger charge is -2.17. The van der Waals surface area contributed by atoms with Gasteiger partial charge in [-0.25, -0.2) is 0 Å². The number of rotatable bonds is 6. The number of hydrogen-bond acceptors (Lipinski definition) is 3. The van der Waals surface area contributed by atoms with Crippen molar-refractivity contribution in [3.63, 3.8) is 0 Å². The summed E-state index contributed by atoms with van der Waals surface area (Å²) in [6.45, 7) is 3.86. The molecule has 5 nitrogen and oxygen atoms in total. The highest BCUT2D eigenvalue weighted by Crippen LogP contribution is 2.24. The van der Waals surface area contributed by atoms with Crippen molar-refractivity contribution in [2.75, 3.05) is 13.1 Å². The molecule has 0 aromatic rings. The van der Waals surface area contributed by atoms with Gasteiger partial charge >= 0.3 is 0 Å². The lowest BCUT2D eigenvalue weighted by molar-refractivity contribution is -0.125. The highest BCUT2D eigenvalue weighted by atomic mass is 16.3. The summed E-state index contributed by atoms with van der Waals surface area (Å²) in [6, 6.07) is 0. The van der Waals surface area contributed by atoms with Gasteiger partial charge in [-0.05, 0) is 26.7 Å². The van der Waals surface area contributed by atoms with Crippen LogP contribution in [0.1, 0.15) is 46.0 Å². The zero-order valence-electron chi connectivity index (χ0n) is 11.3. The quantitative estimate of drug-likeness (QED) is 0.650. The molecule has 2 amide bonds. The van der Waals surface area contributed by atoms with Crippen LogP contribution in [0.15, 0.2) is 0 Å². The Morgan fingerprint density at radius 2 is 1.83 bits per heavy atom. The highest BCUT2D eigenvalue weighted by molar-refractivity contribution is 5.80. The molecule has 104 valence electrons. The van der Waals surface area contributed by atoms with Crippen LogP contribution in [0.4, 0.5) is 0 Å². The fraction of sp³-hybridized carbons (Fsp3) is 0.846. The third-order valence-corrected chi connectivity index (χ3v) is 3.10. The van der Waals surface area contributed by atoms with Crippen LogP contribution < -0.4 is 10.6 Å². The second kappa shape index (κ2) is 6.73. The van der Waals surface area contributed by atoms with Crippen LogP contribution in [-0.4, -0.2) is 35.6 Å². The summed E-state index contributed by atoms with van der Waals surface area (Å²) < 4.78 is 0. The minimum Gasteiger partial charge on any atom is -0.389 e. The maximum absolute atomic E-state index is 11.7. The van der Waals surface area contributed by atoms with Crippen molar-refractivity contribution in [3.8, 4) is 0 Å². The lowest BCUT2D eigenvalue weighted by Crippen LogP contribution is -2.39. The molecule has 0 aliphatic heterocycles. The summed E-state index contributed by atoms with van der Waals surface area (Å²) in [6.07, 6.45) is 4.45. The molecule has 0 heterocycles. The van der Waals surface area contributed by atoms with Gasteiger partial charge in [0.05, 0.1) is 5.60 Å². The number of nitrogens with one attached hydrogen (secondary N) is 2. The first-order chi connectivity index (χ1) is 8.38. The Morgan fingerprint density at radius 1 is 1.22 bits per heavy atom. The molecule has 0 aromatic carbocycles. The van der Waals surface area contributed by atoms with Crippen LogP contribution in [0.3, 0.4) is 0 Å². The summed E-state index contributed by atoms with van der Waals surface area (Å²) in [5.74, 6) is 0.0658. The Labute approximate surface area is 108 Å². The molecule has 1 aliphatic carbocycles. The lowest BCUT2D eigenvalue weighted by atomic mass is 10.1. The van der Waals surface area contributed by atoms with Crippen LogP contribution in [0.2, 0.25) is 0 Å². The van der Waals surface area contributed by atoms with Crippen LogP contribution in [0.25, 0.3) is 0 Å². The molecule has 5 heteroatoms. The van der Waals surface area contributed by atoms with Gasteiger partial charge < -0.3 is 15.7 Å². The molecule has 0 bridgehead atoms. The monoisotopic (exact) mass is 256 g/mol. The van der Waals surface area contributed by atoms with Crippen molar-refractivity contribution < 1.29 is 14.7 Å². The van der Waals surface area contributed by atoms with E-state index in [9.17, 15) is 14.7 Å². The average molecular weight is 256 g/mol. The summed E-state index contributed by atoms with van der Waals surface area (Å²) in [4.78, 5) is 23.1. The van der Waals surface area contributed by atoms with Crippen molar-refractivity contribution in [1.82, 2.24) is 10.6 Å². The van der Waals surface area contributed by atoms with E-state index in [1.54, 1.807) is 13.8 Å². The summed E-state index contributed by atoms with van der Waals surface area (Å²) in [7, 11) is 0. The van der Waals surface area contributed by atoms with Gasteiger partial charge in [-0.15, -0.1) is 0 Å². The van der Waals surface area contributed by atoms with E-state index in [0.29, 0.717) is 6.54 Å². The van der Waals surface area contributed by atoms with E-state index in [0.717, 1.165) is 25.7 Å². The van der Waals surface area contributed by atoms with Crippen LogP contribution >= 0.6 is 0 Å². The molecule has 3 N–H and O–H groups in total. The second-order valence-electron chi connectivity index (χ2n) is 5.61. The molecule has 0 radical (unpaired) electrons. The zero-order chi connectivity index (χ0) is 13.6. The Hall–Kier alpha value is -1.10. The second-order valence-corrected chi connectivity index (χ2v) is 5.61. The fourth-order valence-corrected chi connectivity index (χ4v) is 2.03. The van der Waals surface area contributed by atoms with Crippen molar-refractivity contribution >= 4 is 11.8 Å². The first-order valence-corrected chi connectivity index (χ1v) is 6.65. The number of amides is 2. The van der Waals surface area contributed by atoms with E-state index in [2.05, 4.69) is 10.6 Å². The summed E-state index contributed by atoms with van der Waals surface area (Å²) in [5, 5.41) is 14.9. The maximum atomic E-state index is 11.7. The molecule has 1 saturated carbocycles. The minimum absolute atomic E-state index is 0.0720. The van der Waals surface area contributed by atoms with Crippen molar-refractivity contribution in [3.05, 3.63) is 0 Å². The third kappa shape index (κ3) is 6.00. The van der Waals surface area contributed by atoms with Crippen molar-refractivity contribution in [2.24, 2.45) is 5.92 Å². The molecule has 18 heavy (non-hydrogen) atoms. The number of carbonyl (C=O) groups excluding carboxylic acids is 2. The van der Waals surface area contributed by atoms with Gasteiger partial charge in [-0.2, -0.15) is 0 Å². The van der Waals surface area contributed by atoms with Gasteiger partial charge in [0.2, 0.25) is 11.8 Å². The largest absolute Gasteiger partial charge is 0.389 e. The van der Waals surface area contributed by atoms with E-state index in [-0.39, 0.29) is 30.7 Å². The minimum atomic E-state index is -0.900. The number of carbonyl (C=O) groups is 2. The molecule has 0 spiro atoms. The van der Waals surface area contributed by atoms with E-state index in [4.69, 9.17) is 0 Å². The normalized spacial score (nSPS) is 16.6. The summed E-state index contributed by atoms with van der Waals surface area (Å²) in [5.41, 5.74) is -0.900. The fourth-order valence-electron chi connectivity index (χ4n) is 2.03. The molecular weight excluding hydrogens is 232 g/mol. The first-order valence-electron chi connectivity index (χ1n) is 6.65. The molecule has 0 atom stereocenters. The van der Waals surface area contributed by atoms with Crippen molar-refractivity contribution in [2.45, 2.75) is 51.6 Å². The van der Waals surface area contributed by atoms with E-state index in [1.165, 1.54) is 0 Å². The number of hydrogen-bond donors (Lipinski definition) is 3. The summed E-state index contributed by atoms with van der Waals surface area (Å²) >= 11 is 0. The standard InChI is InChI=1S/C13H24N2O3/c1-13(2,18)9-15-11(16)7-8-14-12(17)10-5-3-4-6-10/h10,18H,3-9H2,1-2H3,(H,14,17)(H,15,16). The van der Waals surface area contributed by atoms with Gasteiger partial charge in [-0.3, -0.25) is 9.59 Å². The SMILES string of the molecule is CC(C)(O)CNC(=O)CCNC(=O)C1CCCC1. The average Bonchev–Trinajstić information content (AvgIpc) is 2.78. The molecule has 1 aliphatic rings. The molecule has 0 saturated heterocycles. The Balaban J connectivity index is 2.09. The topological polar surface area (TPSA) is 78.4 Å². The van der Waals surface area contributed by atoms with Crippen LogP contribution in [0, 0.1) is 5.92 Å². The molecule has 0 aromatic heterocycles. The Bertz CT molecular complexity index is 291.